The van der Waals surface area contributed by atoms with Crippen molar-refractivity contribution in [3.05, 3.63) is 60.1 Å². The van der Waals surface area contributed by atoms with Crippen LogP contribution in [-0.2, 0) is 6.54 Å². The van der Waals surface area contributed by atoms with Gasteiger partial charge in [0.2, 0.25) is 0 Å². The van der Waals surface area contributed by atoms with Crippen LogP contribution in [0.4, 0.5) is 0 Å². The largest absolute Gasteiger partial charge is 0.459 e. The Kier molecular flexibility index (Phi) is 5.10. The predicted molar refractivity (Wildman–Crippen MR) is 86.9 cm³/mol. The molecule has 122 valence electrons. The van der Waals surface area contributed by atoms with E-state index in [1.807, 2.05) is 18.2 Å². The van der Waals surface area contributed by atoms with Crippen molar-refractivity contribution in [3.63, 3.8) is 0 Å². The molecule has 1 aromatic carbocycles. The lowest BCUT2D eigenvalue weighted by Crippen LogP contribution is -2.53. The smallest absolute Gasteiger partial charge is 0.287 e. The second kappa shape index (κ2) is 7.44. The van der Waals surface area contributed by atoms with E-state index < -0.39 is 0 Å². The molecule has 23 heavy (non-hydrogen) atoms. The average Bonchev–Trinajstić information content (AvgIpc) is 3.11. The minimum atomic E-state index is -0.222. The molecule has 1 aliphatic rings. The Morgan fingerprint density at radius 1 is 1.26 bits per heavy atom. The number of benzene rings is 1. The molecule has 2 N–H and O–H groups in total. The van der Waals surface area contributed by atoms with E-state index in [0.29, 0.717) is 5.76 Å². The average molecular weight is 314 g/mol. The summed E-state index contributed by atoms with van der Waals surface area (Å²) in [6.07, 6.45) is 2.35. The molecule has 1 amide bonds. The van der Waals surface area contributed by atoms with E-state index in [9.17, 15) is 9.90 Å². The number of furan rings is 1. The van der Waals surface area contributed by atoms with Gasteiger partial charge < -0.3 is 14.8 Å². The molecule has 2 aromatic rings. The van der Waals surface area contributed by atoms with Crippen molar-refractivity contribution in [2.24, 2.45) is 5.92 Å². The second-order valence-corrected chi connectivity index (χ2v) is 6.01. The maximum atomic E-state index is 12.2. The Hall–Kier alpha value is -2.11. The third-order valence-corrected chi connectivity index (χ3v) is 4.39. The van der Waals surface area contributed by atoms with Gasteiger partial charge in [-0.05, 0) is 30.7 Å². The minimum Gasteiger partial charge on any atom is -0.459 e. The van der Waals surface area contributed by atoms with Gasteiger partial charge in [0.1, 0.15) is 0 Å². The van der Waals surface area contributed by atoms with Gasteiger partial charge in [0, 0.05) is 31.7 Å². The Labute approximate surface area is 135 Å². The lowest BCUT2D eigenvalue weighted by atomic mass is 9.92. The van der Waals surface area contributed by atoms with E-state index in [2.05, 4.69) is 22.3 Å². The molecule has 2 unspecified atom stereocenters. The van der Waals surface area contributed by atoms with Gasteiger partial charge in [0.05, 0.1) is 6.26 Å². The van der Waals surface area contributed by atoms with E-state index in [-0.39, 0.29) is 24.5 Å². The van der Waals surface area contributed by atoms with Gasteiger partial charge in [-0.3, -0.25) is 9.69 Å². The predicted octanol–water partition coefficient (Wildman–Crippen LogP) is 1.89. The normalized spacial score (nSPS) is 22.0. The number of aliphatic hydroxyl groups excluding tert-OH is 1. The molecule has 0 radical (unpaired) electrons. The molecule has 0 aliphatic carbocycles. The molecular weight excluding hydrogens is 292 g/mol. The topological polar surface area (TPSA) is 65.7 Å². The van der Waals surface area contributed by atoms with Crippen LogP contribution in [0, 0.1) is 5.92 Å². The molecule has 1 fully saturated rings. The summed E-state index contributed by atoms with van der Waals surface area (Å²) >= 11 is 0. The Morgan fingerprint density at radius 2 is 2.09 bits per heavy atom. The first-order valence-corrected chi connectivity index (χ1v) is 7.98. The van der Waals surface area contributed by atoms with Crippen molar-refractivity contribution in [1.29, 1.82) is 0 Å². The summed E-state index contributed by atoms with van der Waals surface area (Å²) in [5.41, 5.74) is 1.26. The Bertz CT molecular complexity index is 612. The zero-order valence-corrected chi connectivity index (χ0v) is 13.0. The fraction of sp³-hybridized carbons (Fsp3) is 0.389. The molecule has 1 aromatic heterocycles. The number of hydrogen-bond acceptors (Lipinski definition) is 4. The zero-order chi connectivity index (χ0) is 16.1. The van der Waals surface area contributed by atoms with Crippen molar-refractivity contribution < 1.29 is 14.3 Å². The van der Waals surface area contributed by atoms with Crippen molar-refractivity contribution in [1.82, 2.24) is 10.2 Å². The summed E-state index contributed by atoms with van der Waals surface area (Å²) in [7, 11) is 0. The highest BCUT2D eigenvalue weighted by Crippen LogP contribution is 2.20. The van der Waals surface area contributed by atoms with E-state index in [1.165, 1.54) is 11.8 Å². The van der Waals surface area contributed by atoms with Crippen LogP contribution < -0.4 is 5.32 Å². The molecule has 0 spiro atoms. The van der Waals surface area contributed by atoms with Crippen LogP contribution in [-0.4, -0.2) is 41.7 Å². The van der Waals surface area contributed by atoms with Crippen LogP contribution in [0.2, 0.25) is 0 Å². The summed E-state index contributed by atoms with van der Waals surface area (Å²) in [6.45, 7) is 2.59. The molecule has 0 bridgehead atoms. The summed E-state index contributed by atoms with van der Waals surface area (Å²) < 4.78 is 5.14. The highest BCUT2D eigenvalue weighted by molar-refractivity contribution is 5.91. The third kappa shape index (κ3) is 4.00. The maximum absolute atomic E-state index is 12.2. The van der Waals surface area contributed by atoms with Crippen molar-refractivity contribution >= 4 is 5.91 Å². The number of nitrogens with zero attached hydrogens (tertiary/aromatic N) is 1. The van der Waals surface area contributed by atoms with Crippen molar-refractivity contribution in [2.45, 2.75) is 19.0 Å². The molecule has 5 heteroatoms. The summed E-state index contributed by atoms with van der Waals surface area (Å²) in [5.74, 6) is 0.169. The number of likely N-dealkylation sites (tertiary alicyclic amines) is 1. The monoisotopic (exact) mass is 314 g/mol. The van der Waals surface area contributed by atoms with Crippen LogP contribution in [0.1, 0.15) is 22.5 Å². The van der Waals surface area contributed by atoms with Crippen LogP contribution in [0.25, 0.3) is 0 Å². The number of carbonyl (C=O) groups is 1. The van der Waals surface area contributed by atoms with Crippen LogP contribution in [0.3, 0.4) is 0 Å². The van der Waals surface area contributed by atoms with Gasteiger partial charge in [-0.15, -0.1) is 0 Å². The Balaban J connectivity index is 1.63. The van der Waals surface area contributed by atoms with E-state index in [0.717, 1.165) is 26.1 Å². The lowest BCUT2D eigenvalue weighted by Gasteiger charge is -2.38. The van der Waals surface area contributed by atoms with Gasteiger partial charge in [0.25, 0.3) is 5.91 Å². The standard InChI is InChI=1S/C18H22N2O3/c21-13-15-8-9-20(11-14-5-2-1-3-6-14)12-16(15)19-18(22)17-7-4-10-23-17/h1-7,10,15-16,21H,8-9,11-13H2,(H,19,22). The number of nitrogens with one attached hydrogen (secondary N) is 1. The van der Waals surface area contributed by atoms with E-state index >= 15 is 0 Å². The fourth-order valence-corrected chi connectivity index (χ4v) is 3.08. The number of amides is 1. The summed E-state index contributed by atoms with van der Waals surface area (Å²) in [6, 6.07) is 13.6. The van der Waals surface area contributed by atoms with E-state index in [1.54, 1.807) is 12.1 Å². The molecular formula is C18H22N2O3. The molecule has 2 atom stereocenters. The molecule has 3 rings (SSSR count). The zero-order valence-electron chi connectivity index (χ0n) is 13.0. The van der Waals surface area contributed by atoms with Gasteiger partial charge >= 0.3 is 0 Å². The van der Waals surface area contributed by atoms with Crippen molar-refractivity contribution in [3.8, 4) is 0 Å². The number of rotatable bonds is 5. The number of aliphatic hydroxyl groups is 1. The number of carbonyl (C=O) groups excluding carboxylic acids is 1. The third-order valence-electron chi connectivity index (χ3n) is 4.39. The minimum absolute atomic E-state index is 0.0740. The second-order valence-electron chi connectivity index (χ2n) is 6.01. The van der Waals surface area contributed by atoms with E-state index in [4.69, 9.17) is 4.42 Å². The van der Waals surface area contributed by atoms with Crippen LogP contribution >= 0.6 is 0 Å². The van der Waals surface area contributed by atoms with Crippen molar-refractivity contribution in [2.75, 3.05) is 19.7 Å². The highest BCUT2D eigenvalue weighted by atomic mass is 16.3. The quantitative estimate of drug-likeness (QED) is 0.884. The van der Waals surface area contributed by atoms with Gasteiger partial charge in [0.15, 0.2) is 5.76 Å². The van der Waals surface area contributed by atoms with Gasteiger partial charge in [-0.1, -0.05) is 30.3 Å². The van der Waals surface area contributed by atoms with Crippen LogP contribution in [0.15, 0.2) is 53.1 Å². The Morgan fingerprint density at radius 3 is 2.78 bits per heavy atom. The maximum Gasteiger partial charge on any atom is 0.287 e. The summed E-state index contributed by atoms with van der Waals surface area (Å²) in [4.78, 5) is 14.5. The molecule has 5 nitrogen and oxygen atoms in total. The molecule has 1 aliphatic heterocycles. The SMILES string of the molecule is O=C(NC1CN(Cc2ccccc2)CCC1CO)c1ccco1. The van der Waals surface area contributed by atoms with Gasteiger partial charge in [-0.2, -0.15) is 0 Å². The molecule has 2 heterocycles. The number of hydrogen-bond donors (Lipinski definition) is 2. The van der Waals surface area contributed by atoms with Gasteiger partial charge in [-0.25, -0.2) is 0 Å². The summed E-state index contributed by atoms with van der Waals surface area (Å²) in [5, 5.41) is 12.6. The number of piperidine rings is 1. The first-order valence-electron chi connectivity index (χ1n) is 7.98. The highest BCUT2D eigenvalue weighted by Gasteiger charge is 2.30. The first-order chi connectivity index (χ1) is 11.3. The molecule has 0 saturated carbocycles. The fourth-order valence-electron chi connectivity index (χ4n) is 3.08. The lowest BCUT2D eigenvalue weighted by molar-refractivity contribution is 0.0711. The first kappa shape index (κ1) is 15.8. The molecule has 1 saturated heterocycles. The van der Waals surface area contributed by atoms with Crippen LogP contribution in [0.5, 0.6) is 0 Å².